The van der Waals surface area contributed by atoms with Gasteiger partial charge >= 0.3 is 0 Å². The summed E-state index contributed by atoms with van der Waals surface area (Å²) in [5.74, 6) is 0.150. The molecule has 2 N–H and O–H groups in total. The Labute approximate surface area is 108 Å². The van der Waals surface area contributed by atoms with Gasteiger partial charge in [-0.2, -0.15) is 0 Å². The maximum Gasteiger partial charge on any atom is 0.224 e. The predicted molar refractivity (Wildman–Crippen MR) is 71.4 cm³/mol. The summed E-state index contributed by atoms with van der Waals surface area (Å²) in [7, 11) is 1.63. The number of hydrogen-bond donors (Lipinski definition) is 2. The van der Waals surface area contributed by atoms with Crippen LogP contribution in [0.25, 0.3) is 0 Å². The molecule has 0 saturated carbocycles. The summed E-state index contributed by atoms with van der Waals surface area (Å²) >= 11 is 0. The molecule has 4 heteroatoms. The molecular formula is C14H21NO3. The first-order valence-electron chi connectivity index (χ1n) is 6.09. The molecule has 0 bridgehead atoms. The zero-order chi connectivity index (χ0) is 13.5. The third-order valence-corrected chi connectivity index (χ3v) is 2.64. The van der Waals surface area contributed by atoms with Crippen LogP contribution in [-0.4, -0.2) is 24.7 Å². The highest BCUT2D eigenvalue weighted by Gasteiger charge is 2.09. The fourth-order valence-corrected chi connectivity index (χ4v) is 1.75. The maximum absolute atomic E-state index is 11.7. The number of rotatable bonds is 6. The molecule has 0 aliphatic carbocycles. The van der Waals surface area contributed by atoms with Crippen LogP contribution in [0.5, 0.6) is 0 Å². The summed E-state index contributed by atoms with van der Waals surface area (Å²) in [6.45, 7) is 4.23. The minimum absolute atomic E-state index is 0.0395. The third-order valence-electron chi connectivity index (χ3n) is 2.64. The van der Waals surface area contributed by atoms with Crippen LogP contribution in [0.4, 0.5) is 5.69 Å². The number of carbonyl (C=O) groups is 1. The van der Waals surface area contributed by atoms with Crippen LogP contribution in [-0.2, 0) is 9.53 Å². The van der Waals surface area contributed by atoms with E-state index in [1.165, 1.54) is 0 Å². The molecule has 4 nitrogen and oxygen atoms in total. The highest BCUT2D eigenvalue weighted by Crippen LogP contribution is 2.17. The monoisotopic (exact) mass is 251 g/mol. The summed E-state index contributed by atoms with van der Waals surface area (Å²) in [5.41, 5.74) is 1.50. The van der Waals surface area contributed by atoms with E-state index in [0.29, 0.717) is 18.7 Å². The molecule has 1 rings (SSSR count). The molecule has 1 aromatic carbocycles. The number of benzene rings is 1. The van der Waals surface area contributed by atoms with Crippen molar-refractivity contribution in [2.45, 2.75) is 26.4 Å². The number of anilines is 1. The normalized spacial score (nSPS) is 14.0. The molecule has 0 spiro atoms. The van der Waals surface area contributed by atoms with Gasteiger partial charge < -0.3 is 15.2 Å². The van der Waals surface area contributed by atoms with Gasteiger partial charge in [0, 0.05) is 25.8 Å². The van der Waals surface area contributed by atoms with Crippen LogP contribution in [0, 0.1) is 5.92 Å². The summed E-state index contributed by atoms with van der Waals surface area (Å²) in [4.78, 5) is 11.7. The van der Waals surface area contributed by atoms with Gasteiger partial charge in [0.05, 0.1) is 6.10 Å². The minimum atomic E-state index is -0.533. The number of aliphatic hydroxyl groups excluding tert-OH is 1. The van der Waals surface area contributed by atoms with Crippen LogP contribution in [0.3, 0.4) is 0 Å². The van der Waals surface area contributed by atoms with E-state index in [-0.39, 0.29) is 11.8 Å². The van der Waals surface area contributed by atoms with Crippen molar-refractivity contribution >= 4 is 11.6 Å². The quantitative estimate of drug-likeness (QED) is 0.816. The van der Waals surface area contributed by atoms with Crippen molar-refractivity contribution in [2.24, 2.45) is 5.92 Å². The zero-order valence-corrected chi connectivity index (χ0v) is 11.1. The number of amides is 1. The van der Waals surface area contributed by atoms with Gasteiger partial charge in [0.2, 0.25) is 5.91 Å². The molecule has 2 unspecified atom stereocenters. The molecule has 18 heavy (non-hydrogen) atoms. The Morgan fingerprint density at radius 3 is 2.78 bits per heavy atom. The Hall–Kier alpha value is -1.39. The Balaban J connectivity index is 2.56. The molecule has 1 aromatic rings. The van der Waals surface area contributed by atoms with Crippen molar-refractivity contribution < 1.29 is 14.6 Å². The Bertz CT molecular complexity index is 390. The van der Waals surface area contributed by atoms with Crippen LogP contribution in [0.15, 0.2) is 24.3 Å². The number of carbonyl (C=O) groups excluding carboxylic acids is 1. The molecule has 2 atom stereocenters. The molecule has 0 aliphatic rings. The second kappa shape index (κ2) is 7.13. The maximum atomic E-state index is 11.7. The highest BCUT2D eigenvalue weighted by molar-refractivity contribution is 5.90. The van der Waals surface area contributed by atoms with Gasteiger partial charge in [-0.15, -0.1) is 0 Å². The molecule has 0 radical (unpaired) electrons. The van der Waals surface area contributed by atoms with Crippen molar-refractivity contribution in [3.05, 3.63) is 29.8 Å². The van der Waals surface area contributed by atoms with E-state index in [0.717, 1.165) is 5.56 Å². The van der Waals surface area contributed by atoms with Crippen molar-refractivity contribution in [3.63, 3.8) is 0 Å². The van der Waals surface area contributed by atoms with Gasteiger partial charge in [0.1, 0.15) is 0 Å². The molecule has 1 amide bonds. The lowest BCUT2D eigenvalue weighted by Gasteiger charge is -2.12. The number of aliphatic hydroxyl groups is 1. The molecular weight excluding hydrogens is 230 g/mol. The van der Waals surface area contributed by atoms with Crippen LogP contribution in [0.2, 0.25) is 0 Å². The Kier molecular flexibility index (Phi) is 5.82. The van der Waals surface area contributed by atoms with E-state index in [1.54, 1.807) is 20.1 Å². The van der Waals surface area contributed by atoms with Crippen molar-refractivity contribution in [1.29, 1.82) is 0 Å². The SMILES string of the molecule is COCC(C)CC(=O)Nc1cccc(C(C)O)c1. The van der Waals surface area contributed by atoms with Crippen molar-refractivity contribution in [1.82, 2.24) is 0 Å². The molecule has 0 fully saturated rings. The molecule has 100 valence electrons. The standard InChI is InChI=1S/C14H21NO3/c1-10(9-18-3)7-14(17)15-13-6-4-5-12(8-13)11(2)16/h4-6,8,10-11,16H,7,9H2,1-3H3,(H,15,17). The topological polar surface area (TPSA) is 58.6 Å². The predicted octanol–water partition coefficient (Wildman–Crippen LogP) is 2.35. The van der Waals surface area contributed by atoms with E-state index in [1.807, 2.05) is 25.1 Å². The summed E-state index contributed by atoms with van der Waals surface area (Å²) in [6.07, 6.45) is -0.110. The summed E-state index contributed by atoms with van der Waals surface area (Å²) in [5, 5.41) is 12.3. The molecule has 0 aromatic heterocycles. The van der Waals surface area contributed by atoms with E-state index >= 15 is 0 Å². The van der Waals surface area contributed by atoms with Gasteiger partial charge in [-0.05, 0) is 30.5 Å². The van der Waals surface area contributed by atoms with Gasteiger partial charge in [-0.25, -0.2) is 0 Å². The lowest BCUT2D eigenvalue weighted by Crippen LogP contribution is -2.17. The molecule has 0 heterocycles. The van der Waals surface area contributed by atoms with E-state index in [4.69, 9.17) is 4.74 Å². The van der Waals surface area contributed by atoms with E-state index < -0.39 is 6.10 Å². The number of nitrogens with one attached hydrogen (secondary N) is 1. The Morgan fingerprint density at radius 2 is 2.17 bits per heavy atom. The lowest BCUT2D eigenvalue weighted by molar-refractivity contribution is -0.117. The first-order valence-corrected chi connectivity index (χ1v) is 6.09. The number of methoxy groups -OCH3 is 1. The average Bonchev–Trinajstić information content (AvgIpc) is 2.29. The van der Waals surface area contributed by atoms with E-state index in [2.05, 4.69) is 5.32 Å². The second-order valence-corrected chi connectivity index (χ2v) is 4.61. The first kappa shape index (κ1) is 14.7. The average molecular weight is 251 g/mol. The molecule has 0 aliphatic heterocycles. The Morgan fingerprint density at radius 1 is 1.44 bits per heavy atom. The fraction of sp³-hybridized carbons (Fsp3) is 0.500. The molecule has 0 saturated heterocycles. The van der Waals surface area contributed by atoms with Crippen molar-refractivity contribution in [3.8, 4) is 0 Å². The minimum Gasteiger partial charge on any atom is -0.389 e. The summed E-state index contributed by atoms with van der Waals surface area (Å²) in [6, 6.07) is 7.23. The third kappa shape index (κ3) is 4.85. The van der Waals surface area contributed by atoms with Crippen LogP contribution < -0.4 is 5.32 Å². The smallest absolute Gasteiger partial charge is 0.224 e. The van der Waals surface area contributed by atoms with Gasteiger partial charge in [0.25, 0.3) is 0 Å². The van der Waals surface area contributed by atoms with Crippen LogP contribution in [0.1, 0.15) is 31.9 Å². The highest BCUT2D eigenvalue weighted by atomic mass is 16.5. The first-order chi connectivity index (χ1) is 8.52. The van der Waals surface area contributed by atoms with E-state index in [9.17, 15) is 9.90 Å². The zero-order valence-electron chi connectivity index (χ0n) is 11.1. The number of ether oxygens (including phenoxy) is 1. The largest absolute Gasteiger partial charge is 0.389 e. The van der Waals surface area contributed by atoms with Crippen LogP contribution >= 0.6 is 0 Å². The van der Waals surface area contributed by atoms with Gasteiger partial charge in [-0.1, -0.05) is 19.1 Å². The summed E-state index contributed by atoms with van der Waals surface area (Å²) < 4.78 is 4.99. The van der Waals surface area contributed by atoms with Gasteiger partial charge in [0.15, 0.2) is 0 Å². The second-order valence-electron chi connectivity index (χ2n) is 4.61. The fourth-order valence-electron chi connectivity index (χ4n) is 1.75. The van der Waals surface area contributed by atoms with Crippen molar-refractivity contribution in [2.75, 3.05) is 19.0 Å². The van der Waals surface area contributed by atoms with Gasteiger partial charge in [-0.3, -0.25) is 4.79 Å². The lowest BCUT2D eigenvalue weighted by atomic mass is 10.1. The number of hydrogen-bond acceptors (Lipinski definition) is 3.